The van der Waals surface area contributed by atoms with E-state index >= 15 is 0 Å². The van der Waals surface area contributed by atoms with Gasteiger partial charge in [0.2, 0.25) is 0 Å². The van der Waals surface area contributed by atoms with Crippen molar-refractivity contribution in [1.82, 2.24) is 15.1 Å². The van der Waals surface area contributed by atoms with Crippen LogP contribution in [0.5, 0.6) is 5.75 Å². The number of guanidine groups is 1. The molecule has 2 saturated heterocycles. The number of ether oxygens (including phenoxy) is 2. The van der Waals surface area contributed by atoms with E-state index in [-0.39, 0.29) is 24.0 Å². The van der Waals surface area contributed by atoms with Gasteiger partial charge in [-0.05, 0) is 42.2 Å². The number of nitrogens with one attached hydrogen (secondary N) is 1. The number of methoxy groups -OCH3 is 1. The molecule has 0 spiro atoms. The molecule has 4 rings (SSSR count). The average Bonchev–Trinajstić information content (AvgIpc) is 3.33. The van der Waals surface area contributed by atoms with Crippen molar-refractivity contribution in [3.05, 3.63) is 65.2 Å². The minimum absolute atomic E-state index is 0. The van der Waals surface area contributed by atoms with Gasteiger partial charge in [0.05, 0.1) is 26.9 Å². The Morgan fingerprint density at radius 2 is 1.73 bits per heavy atom. The van der Waals surface area contributed by atoms with Crippen molar-refractivity contribution in [3.63, 3.8) is 0 Å². The van der Waals surface area contributed by atoms with Crippen molar-refractivity contribution in [2.45, 2.75) is 32.4 Å². The molecule has 2 aliphatic rings. The first-order valence-electron chi connectivity index (χ1n) is 11.8. The van der Waals surface area contributed by atoms with Gasteiger partial charge in [-0.15, -0.1) is 24.0 Å². The summed E-state index contributed by atoms with van der Waals surface area (Å²) in [5.41, 5.74) is 3.98. The molecule has 0 radical (unpaired) electrons. The lowest BCUT2D eigenvalue weighted by molar-refractivity contribution is 0.0342. The number of rotatable bonds is 7. The molecule has 1 atom stereocenters. The third kappa shape index (κ3) is 7.32. The Kier molecular flexibility index (Phi) is 10.3. The van der Waals surface area contributed by atoms with Gasteiger partial charge >= 0.3 is 0 Å². The van der Waals surface area contributed by atoms with Gasteiger partial charge in [0, 0.05) is 45.2 Å². The second-order valence-corrected chi connectivity index (χ2v) is 8.58. The predicted octanol–water partition coefficient (Wildman–Crippen LogP) is 4.10. The number of hydrogen-bond acceptors (Lipinski definition) is 4. The first-order chi connectivity index (χ1) is 15.7. The average molecular weight is 565 g/mol. The number of hydrogen-bond donors (Lipinski definition) is 1. The van der Waals surface area contributed by atoms with Crippen molar-refractivity contribution in [2.75, 3.05) is 53.0 Å². The highest BCUT2D eigenvalue weighted by Crippen LogP contribution is 2.28. The summed E-state index contributed by atoms with van der Waals surface area (Å²) in [6.45, 7) is 10.5. The summed E-state index contributed by atoms with van der Waals surface area (Å²) in [6, 6.07) is 17.4. The van der Waals surface area contributed by atoms with Crippen molar-refractivity contribution >= 4 is 29.9 Å². The highest BCUT2D eigenvalue weighted by Gasteiger charge is 2.26. The van der Waals surface area contributed by atoms with Crippen molar-refractivity contribution < 1.29 is 9.47 Å². The Bertz CT molecular complexity index is 867. The molecule has 0 amide bonds. The molecule has 0 aliphatic carbocycles. The summed E-state index contributed by atoms with van der Waals surface area (Å²) < 4.78 is 10.7. The molecular formula is C26H37IN4O2. The lowest BCUT2D eigenvalue weighted by Crippen LogP contribution is -2.40. The Balaban J connectivity index is 0.00000306. The molecule has 2 aromatic rings. The highest BCUT2D eigenvalue weighted by atomic mass is 127. The highest BCUT2D eigenvalue weighted by molar-refractivity contribution is 14.0. The van der Waals surface area contributed by atoms with Crippen LogP contribution in [0.1, 0.15) is 36.0 Å². The molecule has 2 heterocycles. The zero-order valence-electron chi connectivity index (χ0n) is 19.8. The fraction of sp³-hybridized carbons (Fsp3) is 0.500. The van der Waals surface area contributed by atoms with Gasteiger partial charge in [0.1, 0.15) is 5.75 Å². The van der Waals surface area contributed by atoms with Crippen LogP contribution in [0.3, 0.4) is 0 Å². The quantitative estimate of drug-likeness (QED) is 0.312. The third-order valence-corrected chi connectivity index (χ3v) is 6.35. The number of aliphatic imine (C=N–C) groups is 1. The molecule has 0 aromatic heterocycles. The topological polar surface area (TPSA) is 49.3 Å². The monoisotopic (exact) mass is 564 g/mol. The SMILES string of the molecule is CCNC(=NCc1ccc(CN2CCOCC2)cc1)N1CCC(c2ccc(OC)cc2)C1.I. The van der Waals surface area contributed by atoms with Crippen LogP contribution in [0, 0.1) is 0 Å². The summed E-state index contributed by atoms with van der Waals surface area (Å²) in [6.07, 6.45) is 1.15. The van der Waals surface area contributed by atoms with Crippen LogP contribution >= 0.6 is 24.0 Å². The van der Waals surface area contributed by atoms with Gasteiger partial charge in [-0.2, -0.15) is 0 Å². The van der Waals surface area contributed by atoms with Gasteiger partial charge in [-0.25, -0.2) is 4.99 Å². The predicted molar refractivity (Wildman–Crippen MR) is 145 cm³/mol. The van der Waals surface area contributed by atoms with Crippen molar-refractivity contribution in [3.8, 4) is 5.75 Å². The molecule has 0 bridgehead atoms. The van der Waals surface area contributed by atoms with Crippen molar-refractivity contribution in [1.29, 1.82) is 0 Å². The Morgan fingerprint density at radius 3 is 2.39 bits per heavy atom. The maximum Gasteiger partial charge on any atom is 0.194 e. The molecule has 2 fully saturated rings. The van der Waals surface area contributed by atoms with E-state index in [9.17, 15) is 0 Å². The molecular weight excluding hydrogens is 527 g/mol. The van der Waals surface area contributed by atoms with Crippen LogP contribution in [-0.2, 0) is 17.8 Å². The number of halogens is 1. The largest absolute Gasteiger partial charge is 0.497 e. The minimum Gasteiger partial charge on any atom is -0.497 e. The summed E-state index contributed by atoms with van der Waals surface area (Å²) >= 11 is 0. The summed E-state index contributed by atoms with van der Waals surface area (Å²) in [5, 5.41) is 3.49. The molecule has 1 N–H and O–H groups in total. The molecule has 2 aliphatic heterocycles. The number of likely N-dealkylation sites (tertiary alicyclic amines) is 1. The standard InChI is InChI=1S/C26H36N4O2.HI/c1-3-27-26(30-13-12-24(20-30)23-8-10-25(31-2)11-9-23)28-18-21-4-6-22(7-5-21)19-29-14-16-32-17-15-29;/h4-11,24H,3,12-20H2,1-2H3,(H,27,28);1H. The maximum atomic E-state index is 5.44. The first kappa shape index (κ1) is 25.8. The Labute approximate surface area is 215 Å². The lowest BCUT2D eigenvalue weighted by Gasteiger charge is -2.26. The minimum atomic E-state index is 0. The van der Waals surface area contributed by atoms with E-state index in [4.69, 9.17) is 14.5 Å². The summed E-state index contributed by atoms with van der Waals surface area (Å²) in [4.78, 5) is 9.80. The van der Waals surface area contributed by atoms with E-state index in [1.165, 1.54) is 16.7 Å². The maximum absolute atomic E-state index is 5.44. The normalized spacial score (nSPS) is 19.3. The molecule has 1 unspecified atom stereocenters. The lowest BCUT2D eigenvalue weighted by atomic mass is 9.98. The molecule has 6 nitrogen and oxygen atoms in total. The van der Waals surface area contributed by atoms with Gasteiger partial charge in [0.25, 0.3) is 0 Å². The Hall–Kier alpha value is -1.84. The van der Waals surface area contributed by atoms with E-state index in [2.05, 4.69) is 70.6 Å². The molecule has 180 valence electrons. The van der Waals surface area contributed by atoms with E-state index in [0.29, 0.717) is 12.5 Å². The summed E-state index contributed by atoms with van der Waals surface area (Å²) in [7, 11) is 1.71. The van der Waals surface area contributed by atoms with Crippen LogP contribution in [0.25, 0.3) is 0 Å². The van der Waals surface area contributed by atoms with Gasteiger partial charge < -0.3 is 19.7 Å². The van der Waals surface area contributed by atoms with E-state index in [1.54, 1.807) is 7.11 Å². The van der Waals surface area contributed by atoms with Crippen LogP contribution in [0.4, 0.5) is 0 Å². The second kappa shape index (κ2) is 13.2. The fourth-order valence-corrected chi connectivity index (χ4v) is 4.46. The number of benzene rings is 2. The smallest absolute Gasteiger partial charge is 0.194 e. The first-order valence-corrected chi connectivity index (χ1v) is 11.8. The second-order valence-electron chi connectivity index (χ2n) is 8.58. The van der Waals surface area contributed by atoms with Crippen LogP contribution in [-0.4, -0.2) is 68.8 Å². The van der Waals surface area contributed by atoms with E-state index in [0.717, 1.165) is 70.6 Å². The fourth-order valence-electron chi connectivity index (χ4n) is 4.46. The van der Waals surface area contributed by atoms with E-state index in [1.807, 2.05) is 0 Å². The molecule has 7 heteroatoms. The van der Waals surface area contributed by atoms with Crippen LogP contribution in [0.2, 0.25) is 0 Å². The van der Waals surface area contributed by atoms with Gasteiger partial charge in [-0.3, -0.25) is 4.90 Å². The summed E-state index contributed by atoms with van der Waals surface area (Å²) in [5.74, 6) is 2.46. The number of morpholine rings is 1. The zero-order valence-corrected chi connectivity index (χ0v) is 22.2. The Morgan fingerprint density at radius 1 is 1.03 bits per heavy atom. The van der Waals surface area contributed by atoms with Crippen LogP contribution < -0.4 is 10.1 Å². The zero-order chi connectivity index (χ0) is 22.2. The van der Waals surface area contributed by atoms with E-state index < -0.39 is 0 Å². The number of nitrogens with zero attached hydrogens (tertiary/aromatic N) is 3. The van der Waals surface area contributed by atoms with Gasteiger partial charge in [-0.1, -0.05) is 36.4 Å². The molecule has 2 aromatic carbocycles. The van der Waals surface area contributed by atoms with Gasteiger partial charge in [0.15, 0.2) is 5.96 Å². The molecule has 33 heavy (non-hydrogen) atoms. The third-order valence-electron chi connectivity index (χ3n) is 6.35. The van der Waals surface area contributed by atoms with Crippen molar-refractivity contribution in [2.24, 2.45) is 4.99 Å². The van der Waals surface area contributed by atoms with Crippen LogP contribution in [0.15, 0.2) is 53.5 Å². The molecule has 0 saturated carbocycles.